The molecule has 1 fully saturated rings. The van der Waals surface area contributed by atoms with E-state index in [0.717, 1.165) is 18.7 Å². The Labute approximate surface area is 240 Å². The first-order valence-electron chi connectivity index (χ1n) is 12.7. The average Bonchev–Trinajstić information content (AvgIpc) is 3.28. The van der Waals surface area contributed by atoms with Gasteiger partial charge in [0.25, 0.3) is 5.88 Å². The predicted octanol–water partition coefficient (Wildman–Crippen LogP) is 5.01. The van der Waals surface area contributed by atoms with Gasteiger partial charge in [-0.15, -0.1) is 0 Å². The zero-order valence-corrected chi connectivity index (χ0v) is 22.4. The van der Waals surface area contributed by atoms with Crippen molar-refractivity contribution < 1.29 is 32.5 Å². The van der Waals surface area contributed by atoms with Gasteiger partial charge in [0.2, 0.25) is 5.82 Å². The van der Waals surface area contributed by atoms with E-state index in [1.54, 1.807) is 16.7 Å². The van der Waals surface area contributed by atoms with Crippen LogP contribution in [-0.4, -0.2) is 53.3 Å². The zero-order chi connectivity index (χ0) is 29.4. The molecule has 0 saturated carbocycles. The Morgan fingerprint density at radius 2 is 1.88 bits per heavy atom. The van der Waals surface area contributed by atoms with Crippen molar-refractivity contribution in [3.63, 3.8) is 0 Å². The number of nitrogens with zero attached hydrogens (tertiary/aromatic N) is 6. The number of imidazole rings is 1. The number of aromatic carboxylic acids is 1. The Bertz CT molecular complexity index is 1830. The maximum Gasteiger partial charge on any atom is 0.354 e. The molecule has 5 heterocycles. The van der Waals surface area contributed by atoms with Gasteiger partial charge in [-0.25, -0.2) is 28.5 Å². The summed E-state index contributed by atoms with van der Waals surface area (Å²) in [6.45, 7) is 0.603. The molecular formula is C28H20ClF3N6O4. The summed E-state index contributed by atoms with van der Waals surface area (Å²) < 4.78 is 56.4. The van der Waals surface area contributed by atoms with Gasteiger partial charge >= 0.3 is 5.97 Å². The Morgan fingerprint density at radius 1 is 1.05 bits per heavy atom. The van der Waals surface area contributed by atoms with Crippen LogP contribution in [0.5, 0.6) is 5.88 Å². The van der Waals surface area contributed by atoms with E-state index < -0.39 is 35.9 Å². The fourth-order valence-electron chi connectivity index (χ4n) is 4.40. The number of carboxylic acid groups (broad SMARTS) is 1. The highest BCUT2D eigenvalue weighted by atomic mass is 35.5. The van der Waals surface area contributed by atoms with Crippen molar-refractivity contribution in [2.24, 2.45) is 0 Å². The number of ether oxygens (including phenoxy) is 2. The maximum absolute atomic E-state index is 15.4. The maximum atomic E-state index is 15.4. The molecule has 0 amide bonds. The van der Waals surface area contributed by atoms with E-state index in [1.165, 1.54) is 24.4 Å². The van der Waals surface area contributed by atoms with E-state index in [4.69, 9.17) is 21.1 Å². The molecule has 214 valence electrons. The molecule has 4 aromatic heterocycles. The summed E-state index contributed by atoms with van der Waals surface area (Å²) in [6.07, 6.45) is 2.93. The third-order valence-electron chi connectivity index (χ3n) is 6.67. The molecule has 0 unspecified atom stereocenters. The van der Waals surface area contributed by atoms with E-state index in [2.05, 4.69) is 24.9 Å². The van der Waals surface area contributed by atoms with Gasteiger partial charge in [-0.2, -0.15) is 9.37 Å². The topological polar surface area (TPSA) is 125 Å². The summed E-state index contributed by atoms with van der Waals surface area (Å²) >= 11 is 5.70. The Morgan fingerprint density at radius 3 is 2.60 bits per heavy atom. The molecule has 14 heteroatoms. The van der Waals surface area contributed by atoms with Crippen LogP contribution in [-0.2, 0) is 24.3 Å². The minimum atomic E-state index is -1.17. The molecule has 1 N–H and O–H groups in total. The molecule has 10 nitrogen and oxygen atoms in total. The highest BCUT2D eigenvalue weighted by molar-refractivity contribution is 6.30. The van der Waals surface area contributed by atoms with E-state index in [9.17, 15) is 18.7 Å². The molecule has 6 rings (SSSR count). The molecule has 5 aromatic rings. The molecule has 1 aliphatic heterocycles. The highest BCUT2D eigenvalue weighted by Gasteiger charge is 2.24. The van der Waals surface area contributed by atoms with Gasteiger partial charge in [-0.05, 0) is 36.2 Å². The van der Waals surface area contributed by atoms with Crippen LogP contribution in [0.4, 0.5) is 13.2 Å². The van der Waals surface area contributed by atoms with Gasteiger partial charge in [0.05, 0.1) is 23.9 Å². The van der Waals surface area contributed by atoms with Gasteiger partial charge in [0, 0.05) is 24.8 Å². The van der Waals surface area contributed by atoms with E-state index in [0.29, 0.717) is 35.7 Å². The minimum absolute atomic E-state index is 0.0128. The molecule has 0 radical (unpaired) electrons. The molecule has 1 aromatic carbocycles. The molecule has 1 atom stereocenters. The molecule has 0 bridgehead atoms. The molecule has 1 aliphatic rings. The van der Waals surface area contributed by atoms with Crippen LogP contribution in [0.15, 0.2) is 48.8 Å². The van der Waals surface area contributed by atoms with E-state index in [1.807, 2.05) is 0 Å². The van der Waals surface area contributed by atoms with Crippen molar-refractivity contribution in [1.82, 2.24) is 29.5 Å². The Kier molecular flexibility index (Phi) is 7.43. The summed E-state index contributed by atoms with van der Waals surface area (Å²) in [7, 11) is 0. The number of benzene rings is 1. The summed E-state index contributed by atoms with van der Waals surface area (Å²) in [6, 6.07) is 8.29. The second-order valence-electron chi connectivity index (χ2n) is 9.46. The number of rotatable bonds is 9. The number of pyridine rings is 2. The van der Waals surface area contributed by atoms with Crippen molar-refractivity contribution in [3.05, 3.63) is 94.0 Å². The Hall–Kier alpha value is -4.62. The van der Waals surface area contributed by atoms with Gasteiger partial charge in [-0.1, -0.05) is 23.7 Å². The van der Waals surface area contributed by atoms with Crippen molar-refractivity contribution in [2.75, 3.05) is 6.61 Å². The lowest BCUT2D eigenvalue weighted by Gasteiger charge is -2.27. The van der Waals surface area contributed by atoms with Crippen LogP contribution in [0.3, 0.4) is 0 Å². The number of halogens is 4. The van der Waals surface area contributed by atoms with Crippen LogP contribution in [0.2, 0.25) is 5.02 Å². The van der Waals surface area contributed by atoms with Crippen molar-refractivity contribution in [2.45, 2.75) is 32.1 Å². The third kappa shape index (κ3) is 5.60. The Balaban J connectivity index is 1.25. The minimum Gasteiger partial charge on any atom is -0.477 e. The fourth-order valence-corrected chi connectivity index (χ4v) is 4.55. The average molecular weight is 597 g/mol. The largest absolute Gasteiger partial charge is 0.477 e. The summed E-state index contributed by atoms with van der Waals surface area (Å²) in [5, 5.41) is 9.48. The SMILES string of the molecule is O=C(O)c1ccc2nc(Cc3ccc(-c4ncc(F)c(OCc5ncc(Cl)cc5F)n4)cc3F)n(C[C@@H]3CCO3)c2n1. The first kappa shape index (κ1) is 27.5. The van der Waals surface area contributed by atoms with E-state index >= 15 is 4.39 Å². The summed E-state index contributed by atoms with van der Waals surface area (Å²) in [5.41, 5.74) is 1.17. The first-order chi connectivity index (χ1) is 20.2. The normalized spacial score (nSPS) is 14.6. The van der Waals surface area contributed by atoms with Gasteiger partial charge in [0.15, 0.2) is 17.2 Å². The van der Waals surface area contributed by atoms with Crippen molar-refractivity contribution in [3.8, 4) is 17.3 Å². The highest BCUT2D eigenvalue weighted by Crippen LogP contribution is 2.26. The lowest BCUT2D eigenvalue weighted by Crippen LogP contribution is -2.32. The fraction of sp³-hybridized carbons (Fsp3) is 0.214. The molecule has 0 spiro atoms. The monoisotopic (exact) mass is 596 g/mol. The molecule has 42 heavy (non-hydrogen) atoms. The number of fused-ring (bicyclic) bond motifs is 1. The lowest BCUT2D eigenvalue weighted by molar-refractivity contribution is -0.0590. The molecular weight excluding hydrogens is 577 g/mol. The first-order valence-corrected chi connectivity index (χ1v) is 13.1. The number of carbonyl (C=O) groups is 1. The second kappa shape index (κ2) is 11.3. The second-order valence-corrected chi connectivity index (χ2v) is 9.90. The smallest absolute Gasteiger partial charge is 0.354 e. The summed E-state index contributed by atoms with van der Waals surface area (Å²) in [5.74, 6) is -3.35. The van der Waals surface area contributed by atoms with Crippen LogP contribution in [0.1, 0.15) is 34.0 Å². The van der Waals surface area contributed by atoms with Crippen LogP contribution in [0, 0.1) is 17.5 Å². The number of carboxylic acids is 1. The van der Waals surface area contributed by atoms with Crippen LogP contribution in [0.25, 0.3) is 22.6 Å². The zero-order valence-electron chi connectivity index (χ0n) is 21.6. The molecule has 0 aliphatic carbocycles. The standard InChI is InChI=1S/C28H20ClF3N6O4/c29-16-9-19(31)23(33-10-16)13-42-27-20(32)11-34-25(37-27)15-2-1-14(18(30)7-15)8-24-35-21-3-4-22(28(39)40)36-26(21)38(24)12-17-5-6-41-17/h1-4,7,9-11,17H,5-6,8,12-13H2,(H,39,40)/t17-/m0/s1. The summed E-state index contributed by atoms with van der Waals surface area (Å²) in [4.78, 5) is 32.1. The van der Waals surface area contributed by atoms with Gasteiger partial charge in [-0.3, -0.25) is 4.98 Å². The van der Waals surface area contributed by atoms with E-state index in [-0.39, 0.29) is 40.3 Å². The number of hydrogen-bond donors (Lipinski definition) is 1. The van der Waals surface area contributed by atoms with Gasteiger partial charge < -0.3 is 19.1 Å². The number of hydrogen-bond acceptors (Lipinski definition) is 8. The molecule has 1 saturated heterocycles. The quantitative estimate of drug-likeness (QED) is 0.250. The van der Waals surface area contributed by atoms with Crippen LogP contribution >= 0.6 is 11.6 Å². The predicted molar refractivity (Wildman–Crippen MR) is 143 cm³/mol. The third-order valence-corrected chi connectivity index (χ3v) is 6.88. The number of aromatic nitrogens is 6. The van der Waals surface area contributed by atoms with Crippen molar-refractivity contribution in [1.29, 1.82) is 0 Å². The van der Waals surface area contributed by atoms with Crippen LogP contribution < -0.4 is 4.74 Å². The lowest BCUT2D eigenvalue weighted by atomic mass is 10.1. The van der Waals surface area contributed by atoms with Crippen molar-refractivity contribution >= 4 is 28.7 Å². The van der Waals surface area contributed by atoms with Gasteiger partial charge in [0.1, 0.15) is 35.3 Å².